The summed E-state index contributed by atoms with van der Waals surface area (Å²) in [5, 5.41) is 1.17. The molecule has 23 heavy (non-hydrogen) atoms. The van der Waals surface area contributed by atoms with Gasteiger partial charge in [0.2, 0.25) is 11.9 Å². The Morgan fingerprint density at radius 1 is 1.13 bits per heavy atom. The molecular formula is C17H22N6. The SMILES string of the molecule is Cc1cc2cc(N3C(N)=NC(N)=NC34CCCCC4)ccc2[nH]1. The normalized spacial score (nSPS) is 20.7. The summed E-state index contributed by atoms with van der Waals surface area (Å²) in [6.45, 7) is 2.06. The molecule has 2 aliphatic rings. The predicted molar refractivity (Wildman–Crippen MR) is 94.6 cm³/mol. The van der Waals surface area contributed by atoms with Crippen LogP contribution in [0.25, 0.3) is 10.9 Å². The number of H-pyrrole nitrogens is 1. The van der Waals surface area contributed by atoms with E-state index >= 15 is 0 Å². The number of rotatable bonds is 1. The Labute approximate surface area is 135 Å². The van der Waals surface area contributed by atoms with Crippen molar-refractivity contribution >= 4 is 28.5 Å². The topological polar surface area (TPSA) is 95.8 Å². The third-order valence-corrected chi connectivity index (χ3v) is 4.85. The number of fused-ring (bicyclic) bond motifs is 1. The molecule has 0 saturated heterocycles. The molecule has 1 saturated carbocycles. The Morgan fingerprint density at radius 3 is 2.70 bits per heavy atom. The zero-order valence-corrected chi connectivity index (χ0v) is 13.3. The van der Waals surface area contributed by atoms with Crippen LogP contribution in [0.15, 0.2) is 34.3 Å². The minimum atomic E-state index is -0.382. The number of aliphatic imine (C=N–C) groups is 2. The molecule has 0 amide bonds. The van der Waals surface area contributed by atoms with Gasteiger partial charge in [0, 0.05) is 22.3 Å². The first-order valence-corrected chi connectivity index (χ1v) is 8.17. The summed E-state index contributed by atoms with van der Waals surface area (Å²) in [6.07, 6.45) is 5.40. The first kappa shape index (κ1) is 14.1. The molecule has 0 atom stereocenters. The summed E-state index contributed by atoms with van der Waals surface area (Å²) >= 11 is 0. The maximum atomic E-state index is 6.26. The molecule has 0 radical (unpaired) electrons. The zero-order chi connectivity index (χ0) is 16.0. The number of benzene rings is 1. The lowest BCUT2D eigenvalue weighted by Gasteiger charge is -2.45. The monoisotopic (exact) mass is 310 g/mol. The fourth-order valence-corrected chi connectivity index (χ4v) is 3.90. The maximum Gasteiger partial charge on any atom is 0.220 e. The lowest BCUT2D eigenvalue weighted by molar-refractivity contribution is 0.305. The highest BCUT2D eigenvalue weighted by atomic mass is 15.4. The standard InChI is InChI=1S/C17H22N6/c1-11-9-12-10-13(5-6-14(12)20-11)23-16(19)21-15(18)22-17(23)7-3-2-4-8-17/h5-6,9-10,20H,2-4,7-8H2,1H3,(H4,18,19,21,22). The summed E-state index contributed by atoms with van der Waals surface area (Å²) in [7, 11) is 0. The summed E-state index contributed by atoms with van der Waals surface area (Å²) in [4.78, 5) is 14.4. The van der Waals surface area contributed by atoms with E-state index in [1.165, 1.54) is 11.8 Å². The van der Waals surface area contributed by atoms with Crippen molar-refractivity contribution in [3.05, 3.63) is 30.0 Å². The van der Waals surface area contributed by atoms with Crippen LogP contribution in [0, 0.1) is 6.92 Å². The maximum absolute atomic E-state index is 6.26. The molecule has 6 heteroatoms. The molecule has 5 N–H and O–H groups in total. The van der Waals surface area contributed by atoms with Crippen molar-refractivity contribution in [2.45, 2.75) is 44.7 Å². The van der Waals surface area contributed by atoms with Crippen molar-refractivity contribution in [3.8, 4) is 0 Å². The van der Waals surface area contributed by atoms with Crippen LogP contribution in [-0.2, 0) is 0 Å². The fraction of sp³-hybridized carbons (Fsp3) is 0.412. The van der Waals surface area contributed by atoms with Gasteiger partial charge in [0.1, 0.15) is 5.66 Å². The molecule has 0 unspecified atom stereocenters. The minimum Gasteiger partial charge on any atom is -0.369 e. The van der Waals surface area contributed by atoms with Gasteiger partial charge in [0.15, 0.2) is 0 Å². The molecule has 1 fully saturated rings. The third kappa shape index (κ3) is 2.25. The van der Waals surface area contributed by atoms with Crippen LogP contribution >= 0.6 is 0 Å². The lowest BCUT2D eigenvalue weighted by atomic mass is 9.87. The number of guanidine groups is 2. The zero-order valence-electron chi connectivity index (χ0n) is 13.3. The van der Waals surface area contributed by atoms with Crippen LogP contribution in [0.5, 0.6) is 0 Å². The Morgan fingerprint density at radius 2 is 1.91 bits per heavy atom. The number of nitrogens with one attached hydrogen (secondary N) is 1. The van der Waals surface area contributed by atoms with Gasteiger partial charge in [-0.1, -0.05) is 6.42 Å². The molecule has 120 valence electrons. The van der Waals surface area contributed by atoms with E-state index in [1.807, 2.05) is 0 Å². The van der Waals surface area contributed by atoms with Gasteiger partial charge in [-0.2, -0.15) is 4.99 Å². The first-order valence-electron chi connectivity index (χ1n) is 8.17. The Kier molecular flexibility index (Phi) is 3.07. The smallest absolute Gasteiger partial charge is 0.220 e. The Bertz CT molecular complexity index is 810. The Balaban J connectivity index is 1.83. The van der Waals surface area contributed by atoms with E-state index in [9.17, 15) is 0 Å². The molecule has 1 aliphatic carbocycles. The molecule has 1 aromatic heterocycles. The number of nitrogens with zero attached hydrogens (tertiary/aromatic N) is 3. The molecule has 6 nitrogen and oxygen atoms in total. The second-order valence-corrected chi connectivity index (χ2v) is 6.54. The van der Waals surface area contributed by atoms with E-state index in [-0.39, 0.29) is 5.66 Å². The number of aromatic nitrogens is 1. The Hall–Kier alpha value is -2.50. The molecule has 1 spiro atoms. The van der Waals surface area contributed by atoms with Gasteiger partial charge in [0.25, 0.3) is 0 Å². The molecular weight excluding hydrogens is 288 g/mol. The van der Waals surface area contributed by atoms with Gasteiger partial charge in [-0.25, -0.2) is 4.99 Å². The lowest BCUT2D eigenvalue weighted by Crippen LogP contribution is -2.58. The van der Waals surface area contributed by atoms with Crippen LogP contribution < -0.4 is 16.4 Å². The highest BCUT2D eigenvalue weighted by Gasteiger charge is 2.42. The second-order valence-electron chi connectivity index (χ2n) is 6.54. The van der Waals surface area contributed by atoms with Crippen molar-refractivity contribution < 1.29 is 0 Å². The predicted octanol–water partition coefficient (Wildman–Crippen LogP) is 2.59. The average Bonchev–Trinajstić information content (AvgIpc) is 2.86. The number of aromatic amines is 1. The number of hydrogen-bond acceptors (Lipinski definition) is 5. The van der Waals surface area contributed by atoms with Crippen LogP contribution in [-0.4, -0.2) is 22.6 Å². The summed E-state index contributed by atoms with van der Waals surface area (Å²) < 4.78 is 0. The number of aryl methyl sites for hydroxylation is 1. The first-order chi connectivity index (χ1) is 11.1. The summed E-state index contributed by atoms with van der Waals surface area (Å²) in [5.41, 5.74) is 15.1. The highest BCUT2D eigenvalue weighted by Crippen LogP contribution is 2.40. The molecule has 2 heterocycles. The molecule has 1 aliphatic heterocycles. The molecule has 2 aromatic rings. The van der Waals surface area contributed by atoms with Crippen molar-refractivity contribution in [1.82, 2.24) is 4.98 Å². The van der Waals surface area contributed by atoms with Crippen molar-refractivity contribution in [2.24, 2.45) is 21.5 Å². The third-order valence-electron chi connectivity index (χ3n) is 4.85. The van der Waals surface area contributed by atoms with Gasteiger partial charge in [-0.15, -0.1) is 0 Å². The van der Waals surface area contributed by atoms with Crippen LogP contribution in [0.1, 0.15) is 37.8 Å². The van der Waals surface area contributed by atoms with E-state index in [2.05, 4.69) is 46.1 Å². The van der Waals surface area contributed by atoms with Crippen LogP contribution in [0.4, 0.5) is 5.69 Å². The number of hydrogen-bond donors (Lipinski definition) is 3. The van der Waals surface area contributed by atoms with E-state index in [1.54, 1.807) is 0 Å². The fourth-order valence-electron chi connectivity index (χ4n) is 3.90. The van der Waals surface area contributed by atoms with Gasteiger partial charge < -0.3 is 16.5 Å². The summed E-state index contributed by atoms with van der Waals surface area (Å²) in [5.74, 6) is 0.727. The summed E-state index contributed by atoms with van der Waals surface area (Å²) in [6, 6.07) is 8.45. The van der Waals surface area contributed by atoms with Crippen LogP contribution in [0.3, 0.4) is 0 Å². The van der Waals surface area contributed by atoms with E-state index in [0.717, 1.165) is 42.6 Å². The quantitative estimate of drug-likeness (QED) is 0.755. The number of nitrogens with two attached hydrogens (primary N) is 2. The van der Waals surface area contributed by atoms with Gasteiger partial charge in [-0.05, 0) is 56.9 Å². The van der Waals surface area contributed by atoms with E-state index in [4.69, 9.17) is 16.5 Å². The van der Waals surface area contributed by atoms with Gasteiger partial charge >= 0.3 is 0 Å². The van der Waals surface area contributed by atoms with Gasteiger partial charge in [-0.3, -0.25) is 4.90 Å². The minimum absolute atomic E-state index is 0.291. The average molecular weight is 310 g/mol. The molecule has 4 rings (SSSR count). The van der Waals surface area contributed by atoms with Gasteiger partial charge in [0.05, 0.1) is 0 Å². The highest BCUT2D eigenvalue weighted by molar-refractivity contribution is 6.06. The second kappa shape index (κ2) is 5.01. The van der Waals surface area contributed by atoms with Crippen molar-refractivity contribution in [2.75, 3.05) is 4.90 Å². The number of anilines is 1. The van der Waals surface area contributed by atoms with Crippen LogP contribution in [0.2, 0.25) is 0 Å². The largest absolute Gasteiger partial charge is 0.369 e. The van der Waals surface area contributed by atoms with E-state index < -0.39 is 0 Å². The van der Waals surface area contributed by atoms with Crippen molar-refractivity contribution in [3.63, 3.8) is 0 Å². The molecule has 0 bridgehead atoms. The molecule has 1 aromatic carbocycles. The van der Waals surface area contributed by atoms with E-state index in [0.29, 0.717) is 11.9 Å². The van der Waals surface area contributed by atoms with Crippen molar-refractivity contribution in [1.29, 1.82) is 0 Å².